The van der Waals surface area contributed by atoms with Gasteiger partial charge in [0.15, 0.2) is 5.78 Å². The quantitative estimate of drug-likeness (QED) is 0.727. The van der Waals surface area contributed by atoms with Gasteiger partial charge in [0.25, 0.3) is 0 Å². The Morgan fingerprint density at radius 1 is 1.29 bits per heavy atom. The molecule has 0 aliphatic carbocycles. The lowest BCUT2D eigenvalue weighted by Gasteiger charge is -2.31. The predicted molar refractivity (Wildman–Crippen MR) is 87.1 cm³/mol. The van der Waals surface area contributed by atoms with E-state index in [-0.39, 0.29) is 17.7 Å². The van der Waals surface area contributed by atoms with Gasteiger partial charge in [0.05, 0.1) is 6.04 Å². The minimum atomic E-state index is -0.233. The van der Waals surface area contributed by atoms with Gasteiger partial charge in [-0.25, -0.2) is 0 Å². The van der Waals surface area contributed by atoms with E-state index >= 15 is 0 Å². The first-order chi connectivity index (χ1) is 9.94. The van der Waals surface area contributed by atoms with E-state index in [1.165, 1.54) is 0 Å². The Kier molecular flexibility index (Phi) is 7.41. The number of rotatable bonds is 8. The van der Waals surface area contributed by atoms with Crippen LogP contribution in [0.5, 0.6) is 0 Å². The van der Waals surface area contributed by atoms with Crippen molar-refractivity contribution in [3.8, 4) is 0 Å². The second-order valence-electron chi connectivity index (χ2n) is 7.03. The van der Waals surface area contributed by atoms with Gasteiger partial charge >= 0.3 is 0 Å². The normalized spacial score (nSPS) is 21.5. The summed E-state index contributed by atoms with van der Waals surface area (Å²) in [5.74, 6) is 0.736. The van der Waals surface area contributed by atoms with E-state index in [0.717, 1.165) is 44.9 Å². The van der Waals surface area contributed by atoms with Crippen LogP contribution >= 0.6 is 0 Å². The van der Waals surface area contributed by atoms with Gasteiger partial charge in [-0.1, -0.05) is 53.4 Å². The summed E-state index contributed by atoms with van der Waals surface area (Å²) < 4.78 is 0. The van der Waals surface area contributed by atoms with Crippen molar-refractivity contribution in [1.29, 1.82) is 0 Å². The van der Waals surface area contributed by atoms with Crippen molar-refractivity contribution < 1.29 is 9.59 Å². The van der Waals surface area contributed by atoms with Crippen LogP contribution in [0.4, 0.5) is 0 Å². The standard InChI is InChI=1S/C18H33NO2/c1-5-14(13-18(4,6-2)7-3)12-16(20)15-10-8-9-11-17(21)19-15/h14-15H,5-13H2,1-4H3,(H,19,21). The highest BCUT2D eigenvalue weighted by Crippen LogP contribution is 2.35. The van der Waals surface area contributed by atoms with E-state index in [2.05, 4.69) is 33.0 Å². The number of amides is 1. The summed E-state index contributed by atoms with van der Waals surface area (Å²) in [4.78, 5) is 24.1. The molecule has 1 N–H and O–H groups in total. The number of nitrogens with one attached hydrogen (secondary N) is 1. The molecule has 0 aromatic carbocycles. The lowest BCUT2D eigenvalue weighted by atomic mass is 9.74. The van der Waals surface area contributed by atoms with Crippen molar-refractivity contribution in [3.05, 3.63) is 0 Å². The largest absolute Gasteiger partial charge is 0.346 e. The second kappa shape index (κ2) is 8.55. The molecule has 0 bridgehead atoms. The molecule has 3 heteroatoms. The first-order valence-corrected chi connectivity index (χ1v) is 8.76. The highest BCUT2D eigenvalue weighted by molar-refractivity contribution is 5.89. The van der Waals surface area contributed by atoms with Crippen LogP contribution in [0.2, 0.25) is 0 Å². The lowest BCUT2D eigenvalue weighted by Crippen LogP contribution is -2.40. The molecule has 0 spiro atoms. The van der Waals surface area contributed by atoms with E-state index in [0.29, 0.717) is 24.2 Å². The second-order valence-corrected chi connectivity index (χ2v) is 7.03. The third kappa shape index (κ3) is 5.80. The molecule has 2 atom stereocenters. The molecule has 0 radical (unpaired) electrons. The maximum Gasteiger partial charge on any atom is 0.220 e. The molecule has 1 aliphatic rings. The van der Waals surface area contributed by atoms with Crippen LogP contribution in [-0.4, -0.2) is 17.7 Å². The summed E-state index contributed by atoms with van der Waals surface area (Å²) in [6.07, 6.45) is 8.39. The number of ketones is 1. The molecule has 1 amide bonds. The Balaban J connectivity index is 2.59. The molecule has 0 aromatic rings. The lowest BCUT2D eigenvalue weighted by molar-refractivity contribution is -0.128. The molecular weight excluding hydrogens is 262 g/mol. The zero-order chi connectivity index (χ0) is 15.9. The van der Waals surface area contributed by atoms with Gasteiger partial charge in [-0.2, -0.15) is 0 Å². The van der Waals surface area contributed by atoms with Gasteiger partial charge < -0.3 is 5.32 Å². The molecule has 0 aromatic heterocycles. The fraction of sp³-hybridized carbons (Fsp3) is 0.889. The average Bonchev–Trinajstić information content (AvgIpc) is 2.70. The summed E-state index contributed by atoms with van der Waals surface area (Å²) >= 11 is 0. The Hall–Kier alpha value is -0.860. The van der Waals surface area contributed by atoms with Crippen LogP contribution in [0.15, 0.2) is 0 Å². The fourth-order valence-electron chi connectivity index (χ4n) is 3.24. The van der Waals surface area contributed by atoms with Crippen LogP contribution in [0.3, 0.4) is 0 Å². The van der Waals surface area contributed by atoms with Crippen molar-refractivity contribution in [1.82, 2.24) is 5.32 Å². The van der Waals surface area contributed by atoms with Crippen molar-refractivity contribution >= 4 is 11.7 Å². The third-order valence-electron chi connectivity index (χ3n) is 5.43. The van der Waals surface area contributed by atoms with Crippen LogP contribution in [-0.2, 0) is 9.59 Å². The maximum absolute atomic E-state index is 12.5. The molecule has 1 fully saturated rings. The maximum atomic E-state index is 12.5. The summed E-state index contributed by atoms with van der Waals surface area (Å²) in [6, 6.07) is -0.233. The summed E-state index contributed by atoms with van der Waals surface area (Å²) in [5, 5.41) is 2.91. The fourth-order valence-corrected chi connectivity index (χ4v) is 3.24. The first-order valence-electron chi connectivity index (χ1n) is 8.76. The van der Waals surface area contributed by atoms with Crippen LogP contribution in [0, 0.1) is 11.3 Å². The number of Topliss-reactive ketones (excluding diaryl/α,β-unsaturated/α-hetero) is 1. The van der Waals surface area contributed by atoms with Gasteiger partial charge in [0.1, 0.15) is 0 Å². The zero-order valence-corrected chi connectivity index (χ0v) is 14.3. The Morgan fingerprint density at radius 2 is 1.95 bits per heavy atom. The molecule has 1 aliphatic heterocycles. The summed E-state index contributed by atoms with van der Waals surface area (Å²) in [7, 11) is 0. The van der Waals surface area contributed by atoms with E-state index in [4.69, 9.17) is 0 Å². The Labute approximate surface area is 130 Å². The van der Waals surface area contributed by atoms with Gasteiger partial charge in [-0.15, -0.1) is 0 Å². The van der Waals surface area contributed by atoms with Gasteiger partial charge in [0, 0.05) is 12.8 Å². The van der Waals surface area contributed by atoms with Crippen LogP contribution in [0.25, 0.3) is 0 Å². The summed E-state index contributed by atoms with van der Waals surface area (Å²) in [5.41, 5.74) is 0.341. The highest BCUT2D eigenvalue weighted by atomic mass is 16.2. The monoisotopic (exact) mass is 295 g/mol. The third-order valence-corrected chi connectivity index (χ3v) is 5.43. The molecule has 1 heterocycles. The molecule has 3 nitrogen and oxygen atoms in total. The van der Waals surface area contributed by atoms with Crippen LogP contribution < -0.4 is 5.32 Å². The van der Waals surface area contributed by atoms with Crippen molar-refractivity contribution in [2.45, 2.75) is 91.5 Å². The number of carbonyl (C=O) groups is 2. The molecule has 1 saturated heterocycles. The molecule has 21 heavy (non-hydrogen) atoms. The predicted octanol–water partition coefficient (Wildman–Crippen LogP) is 4.25. The van der Waals surface area contributed by atoms with Gasteiger partial charge in [-0.05, 0) is 30.6 Å². The molecule has 1 rings (SSSR count). The smallest absolute Gasteiger partial charge is 0.220 e. The Bertz CT molecular complexity index is 347. The highest BCUT2D eigenvalue weighted by Gasteiger charge is 2.28. The van der Waals surface area contributed by atoms with E-state index < -0.39 is 0 Å². The van der Waals surface area contributed by atoms with Gasteiger partial charge in [0.2, 0.25) is 5.91 Å². The van der Waals surface area contributed by atoms with Crippen molar-refractivity contribution in [2.75, 3.05) is 0 Å². The molecule has 122 valence electrons. The molecular formula is C18H33NO2. The number of hydrogen-bond donors (Lipinski definition) is 1. The van der Waals surface area contributed by atoms with E-state index in [9.17, 15) is 9.59 Å². The molecule has 0 saturated carbocycles. The van der Waals surface area contributed by atoms with E-state index in [1.54, 1.807) is 0 Å². The van der Waals surface area contributed by atoms with Gasteiger partial charge in [-0.3, -0.25) is 9.59 Å². The molecule has 2 unspecified atom stereocenters. The average molecular weight is 295 g/mol. The Morgan fingerprint density at radius 3 is 2.52 bits per heavy atom. The van der Waals surface area contributed by atoms with Crippen molar-refractivity contribution in [2.24, 2.45) is 11.3 Å². The summed E-state index contributed by atoms with van der Waals surface area (Å²) in [6.45, 7) is 8.98. The van der Waals surface area contributed by atoms with E-state index in [1.807, 2.05) is 0 Å². The SMILES string of the molecule is CCC(CC(=O)C1CCCCC(=O)N1)CC(C)(CC)CC. The zero-order valence-electron chi connectivity index (χ0n) is 14.3. The first kappa shape index (κ1) is 18.2. The number of carbonyl (C=O) groups excluding carboxylic acids is 2. The minimum absolute atomic E-state index is 0.0471. The minimum Gasteiger partial charge on any atom is -0.346 e. The van der Waals surface area contributed by atoms with Crippen molar-refractivity contribution in [3.63, 3.8) is 0 Å². The topological polar surface area (TPSA) is 46.2 Å². The van der Waals surface area contributed by atoms with Crippen LogP contribution in [0.1, 0.15) is 85.5 Å². The number of hydrogen-bond acceptors (Lipinski definition) is 2.